The second-order valence-electron chi connectivity index (χ2n) is 4.64. The van der Waals surface area contributed by atoms with Crippen molar-refractivity contribution in [1.29, 1.82) is 0 Å². The van der Waals surface area contributed by atoms with Crippen LogP contribution in [0.2, 0.25) is 5.02 Å². The summed E-state index contributed by atoms with van der Waals surface area (Å²) in [4.78, 5) is 0.814. The van der Waals surface area contributed by atoms with Crippen LogP contribution >= 0.6 is 11.6 Å². The molecule has 118 valence electrons. The van der Waals surface area contributed by atoms with Crippen molar-refractivity contribution in [2.75, 3.05) is 25.8 Å². The van der Waals surface area contributed by atoms with Gasteiger partial charge in [-0.25, -0.2) is 0 Å². The highest BCUT2D eigenvalue weighted by Gasteiger charge is 2.09. The molecule has 0 heterocycles. The zero-order chi connectivity index (χ0) is 16.1. The molecule has 6 heteroatoms. The molecule has 4 nitrogen and oxygen atoms in total. The summed E-state index contributed by atoms with van der Waals surface area (Å²) in [6.07, 6.45) is 1.66. The van der Waals surface area contributed by atoms with Crippen LogP contribution < -0.4 is 14.8 Å². The van der Waals surface area contributed by atoms with Crippen LogP contribution in [0.25, 0.3) is 0 Å². The second kappa shape index (κ2) is 7.51. The van der Waals surface area contributed by atoms with Crippen molar-refractivity contribution in [3.63, 3.8) is 0 Å². The number of rotatable bonds is 6. The van der Waals surface area contributed by atoms with E-state index >= 15 is 0 Å². The quantitative estimate of drug-likeness (QED) is 0.871. The summed E-state index contributed by atoms with van der Waals surface area (Å²) in [6, 6.07) is 11.1. The molecule has 2 aromatic rings. The Kier molecular flexibility index (Phi) is 5.69. The maximum absolute atomic E-state index is 11.4. The van der Waals surface area contributed by atoms with E-state index in [0.29, 0.717) is 23.1 Å². The molecule has 0 spiro atoms. The van der Waals surface area contributed by atoms with Gasteiger partial charge in [-0.1, -0.05) is 23.7 Å². The van der Waals surface area contributed by atoms with E-state index in [2.05, 4.69) is 5.32 Å². The van der Waals surface area contributed by atoms with E-state index in [1.807, 2.05) is 24.3 Å². The first kappa shape index (κ1) is 16.6. The van der Waals surface area contributed by atoms with Gasteiger partial charge >= 0.3 is 0 Å². The smallest absolute Gasteiger partial charge is 0.143 e. The third-order valence-electron chi connectivity index (χ3n) is 3.21. The number of hydrogen-bond donors (Lipinski definition) is 1. The van der Waals surface area contributed by atoms with Crippen molar-refractivity contribution >= 4 is 28.1 Å². The minimum Gasteiger partial charge on any atom is -0.495 e. The summed E-state index contributed by atoms with van der Waals surface area (Å²) in [7, 11) is 2.20. The first-order valence-electron chi connectivity index (χ1n) is 6.63. The molecule has 0 aliphatic carbocycles. The molecule has 0 fully saturated rings. The van der Waals surface area contributed by atoms with Gasteiger partial charge in [0.05, 0.1) is 24.9 Å². The minimum atomic E-state index is -0.961. The Bertz CT molecular complexity index is 674. The molecule has 0 radical (unpaired) electrons. The number of halogens is 1. The summed E-state index contributed by atoms with van der Waals surface area (Å²) < 4.78 is 21.9. The van der Waals surface area contributed by atoms with Crippen LogP contribution in [-0.4, -0.2) is 24.7 Å². The van der Waals surface area contributed by atoms with Gasteiger partial charge < -0.3 is 14.8 Å². The van der Waals surface area contributed by atoms with Gasteiger partial charge in [0, 0.05) is 40.6 Å². The summed E-state index contributed by atoms with van der Waals surface area (Å²) in [6.45, 7) is 0.609. The first-order chi connectivity index (χ1) is 10.5. The topological polar surface area (TPSA) is 47.6 Å². The molecule has 2 rings (SSSR count). The number of methoxy groups -OCH3 is 2. The highest BCUT2D eigenvalue weighted by Crippen LogP contribution is 2.36. The van der Waals surface area contributed by atoms with Gasteiger partial charge in [0.15, 0.2) is 0 Å². The van der Waals surface area contributed by atoms with Crippen LogP contribution in [0.15, 0.2) is 41.3 Å². The average Bonchev–Trinajstić information content (AvgIpc) is 2.53. The minimum absolute atomic E-state index is 0.500. The Morgan fingerprint density at radius 3 is 2.27 bits per heavy atom. The molecule has 0 aliphatic heterocycles. The molecule has 0 bridgehead atoms. The van der Waals surface area contributed by atoms with Crippen LogP contribution in [0.4, 0.5) is 5.69 Å². The zero-order valence-corrected chi connectivity index (χ0v) is 14.3. The van der Waals surface area contributed by atoms with Crippen molar-refractivity contribution in [3.05, 3.63) is 47.0 Å². The van der Waals surface area contributed by atoms with E-state index in [1.54, 1.807) is 32.6 Å². The summed E-state index contributed by atoms with van der Waals surface area (Å²) in [5, 5.41) is 3.79. The average molecular weight is 340 g/mol. The van der Waals surface area contributed by atoms with E-state index in [4.69, 9.17) is 21.1 Å². The van der Waals surface area contributed by atoms with Crippen molar-refractivity contribution in [2.24, 2.45) is 0 Å². The number of hydrogen-bond acceptors (Lipinski definition) is 4. The number of nitrogens with one attached hydrogen (secondary N) is 1. The molecular weight excluding hydrogens is 322 g/mol. The van der Waals surface area contributed by atoms with Gasteiger partial charge in [-0.3, -0.25) is 4.21 Å². The standard InChI is InChI=1S/C16H18ClNO3S/c1-20-15-9-14(16(21-2)8-13(15)17)18-10-11-4-6-12(7-5-11)22(3)19/h4-9,18H,10H2,1-3H3/t22-/m0/s1. The van der Waals surface area contributed by atoms with Crippen LogP contribution in [0.1, 0.15) is 5.56 Å². The fourth-order valence-corrected chi connectivity index (χ4v) is 2.74. The number of anilines is 1. The molecule has 0 aromatic heterocycles. The van der Waals surface area contributed by atoms with Crippen molar-refractivity contribution in [1.82, 2.24) is 0 Å². The molecular formula is C16H18ClNO3S. The molecule has 0 unspecified atom stereocenters. The Morgan fingerprint density at radius 1 is 1.09 bits per heavy atom. The molecule has 0 aliphatic rings. The van der Waals surface area contributed by atoms with Crippen molar-refractivity contribution in [2.45, 2.75) is 11.4 Å². The predicted octanol–water partition coefficient (Wildman–Crippen LogP) is 3.71. The molecule has 0 amide bonds. The lowest BCUT2D eigenvalue weighted by Gasteiger charge is -2.14. The van der Waals surface area contributed by atoms with Gasteiger partial charge in [-0.05, 0) is 17.7 Å². The van der Waals surface area contributed by atoms with Crippen LogP contribution in [0, 0.1) is 0 Å². The monoisotopic (exact) mass is 339 g/mol. The fourth-order valence-electron chi connectivity index (χ4n) is 1.99. The van der Waals surface area contributed by atoms with Gasteiger partial charge in [-0.15, -0.1) is 0 Å². The third-order valence-corrected chi connectivity index (χ3v) is 4.44. The van der Waals surface area contributed by atoms with Crippen LogP contribution in [0.5, 0.6) is 11.5 Å². The maximum Gasteiger partial charge on any atom is 0.143 e. The fraction of sp³-hybridized carbons (Fsp3) is 0.250. The van der Waals surface area contributed by atoms with Crippen LogP contribution in [0.3, 0.4) is 0 Å². The largest absolute Gasteiger partial charge is 0.495 e. The molecule has 0 saturated carbocycles. The number of benzene rings is 2. The lowest BCUT2D eigenvalue weighted by molar-refractivity contribution is 0.404. The molecule has 22 heavy (non-hydrogen) atoms. The Morgan fingerprint density at radius 2 is 1.73 bits per heavy atom. The van der Waals surface area contributed by atoms with Crippen molar-refractivity contribution in [3.8, 4) is 11.5 Å². The van der Waals surface area contributed by atoms with Gasteiger partial charge in [0.1, 0.15) is 11.5 Å². The summed E-state index contributed by atoms with van der Waals surface area (Å²) in [5.41, 5.74) is 1.87. The van der Waals surface area contributed by atoms with E-state index < -0.39 is 10.8 Å². The zero-order valence-electron chi connectivity index (χ0n) is 12.7. The maximum atomic E-state index is 11.4. The second-order valence-corrected chi connectivity index (χ2v) is 6.43. The summed E-state index contributed by atoms with van der Waals surface area (Å²) in [5.74, 6) is 1.23. The highest BCUT2D eigenvalue weighted by molar-refractivity contribution is 7.84. The predicted molar refractivity (Wildman–Crippen MR) is 90.7 cm³/mol. The Labute approximate surface area is 137 Å². The molecule has 0 saturated heterocycles. The van der Waals surface area contributed by atoms with Crippen LogP contribution in [-0.2, 0) is 17.3 Å². The van der Waals surface area contributed by atoms with E-state index in [-0.39, 0.29) is 0 Å². The lowest BCUT2D eigenvalue weighted by atomic mass is 10.2. The third kappa shape index (κ3) is 3.93. The SMILES string of the molecule is COc1cc(NCc2ccc([S@](C)=O)cc2)c(OC)cc1Cl. The molecule has 1 atom stereocenters. The van der Waals surface area contributed by atoms with E-state index in [0.717, 1.165) is 16.1 Å². The van der Waals surface area contributed by atoms with Crippen molar-refractivity contribution < 1.29 is 13.7 Å². The highest BCUT2D eigenvalue weighted by atomic mass is 35.5. The van der Waals surface area contributed by atoms with E-state index in [1.165, 1.54) is 0 Å². The molecule has 2 aromatic carbocycles. The first-order valence-corrected chi connectivity index (χ1v) is 8.56. The van der Waals surface area contributed by atoms with E-state index in [9.17, 15) is 4.21 Å². The van der Waals surface area contributed by atoms with Gasteiger partial charge in [0.25, 0.3) is 0 Å². The normalized spacial score (nSPS) is 11.8. The Hall–Kier alpha value is -1.72. The Balaban J connectivity index is 2.15. The van der Waals surface area contributed by atoms with Gasteiger partial charge in [-0.2, -0.15) is 0 Å². The van der Waals surface area contributed by atoms with Gasteiger partial charge in [0.2, 0.25) is 0 Å². The molecule has 1 N–H and O–H groups in total. The summed E-state index contributed by atoms with van der Waals surface area (Å²) >= 11 is 6.08. The lowest BCUT2D eigenvalue weighted by Crippen LogP contribution is -2.02. The number of ether oxygens (including phenoxy) is 2.